The highest BCUT2D eigenvalue weighted by molar-refractivity contribution is 5.83. The summed E-state index contributed by atoms with van der Waals surface area (Å²) >= 11 is 0. The maximum Gasteiger partial charge on any atom is 0.138 e. The second-order valence-corrected chi connectivity index (χ2v) is 9.28. The molecule has 0 heterocycles. The van der Waals surface area contributed by atoms with Crippen LogP contribution in [-0.2, 0) is 14.3 Å². The molecule has 0 saturated heterocycles. The van der Waals surface area contributed by atoms with Crippen molar-refractivity contribution in [3.63, 3.8) is 0 Å². The normalized spacial score (nSPS) is 24.4. The lowest BCUT2D eigenvalue weighted by Gasteiger charge is -2.33. The molecule has 1 aliphatic rings. The minimum absolute atomic E-state index is 0.0774. The predicted molar refractivity (Wildman–Crippen MR) is 112 cm³/mol. The Morgan fingerprint density at radius 1 is 0.963 bits per heavy atom. The molecule has 3 nitrogen and oxygen atoms in total. The van der Waals surface area contributed by atoms with Crippen LogP contribution >= 0.6 is 0 Å². The van der Waals surface area contributed by atoms with Gasteiger partial charge in [-0.25, -0.2) is 0 Å². The summed E-state index contributed by atoms with van der Waals surface area (Å²) in [5, 5.41) is 0. The first-order chi connectivity index (χ1) is 12.5. The van der Waals surface area contributed by atoms with E-state index in [0.717, 1.165) is 0 Å². The fraction of sp³-hybridized carbons (Fsp3) is 0.708. The average molecular weight is 375 g/mol. The topological polar surface area (TPSA) is 35.5 Å². The molecule has 27 heavy (non-hydrogen) atoms. The standard InChI is InChI=1S/C24H38O3/c1-14(2)18-10-20(15(3)4)23(21(11-18)16(5)6)17(7)27-22-12-19(25)13-24(22,8)26-9/h10-11,14-17,22H,12-13H2,1-9H3/t17-,22-,24-/m0/s1. The van der Waals surface area contributed by atoms with Crippen LogP contribution in [0.5, 0.6) is 0 Å². The van der Waals surface area contributed by atoms with Gasteiger partial charge in [0, 0.05) is 20.0 Å². The van der Waals surface area contributed by atoms with E-state index in [-0.39, 0.29) is 18.0 Å². The molecule has 3 atom stereocenters. The monoisotopic (exact) mass is 374 g/mol. The number of hydrogen-bond acceptors (Lipinski definition) is 3. The van der Waals surface area contributed by atoms with E-state index in [2.05, 4.69) is 60.6 Å². The molecule has 0 unspecified atom stereocenters. The molecule has 0 spiro atoms. The first-order valence-electron chi connectivity index (χ1n) is 10.4. The van der Waals surface area contributed by atoms with Crippen LogP contribution in [0.1, 0.15) is 114 Å². The molecular formula is C24H38O3. The largest absolute Gasteiger partial charge is 0.375 e. The second-order valence-electron chi connectivity index (χ2n) is 9.28. The van der Waals surface area contributed by atoms with E-state index in [0.29, 0.717) is 30.6 Å². The van der Waals surface area contributed by atoms with Gasteiger partial charge in [-0.3, -0.25) is 4.79 Å². The van der Waals surface area contributed by atoms with Gasteiger partial charge >= 0.3 is 0 Å². The van der Waals surface area contributed by atoms with Gasteiger partial charge < -0.3 is 9.47 Å². The molecule has 2 rings (SSSR count). The molecule has 0 radical (unpaired) electrons. The first-order valence-corrected chi connectivity index (χ1v) is 10.4. The van der Waals surface area contributed by atoms with Gasteiger partial charge in [0.25, 0.3) is 0 Å². The lowest BCUT2D eigenvalue weighted by Crippen LogP contribution is -2.38. The molecule has 0 aliphatic heterocycles. The summed E-state index contributed by atoms with van der Waals surface area (Å²) in [6.45, 7) is 17.6. The summed E-state index contributed by atoms with van der Waals surface area (Å²) in [7, 11) is 1.68. The zero-order valence-electron chi connectivity index (χ0n) is 18.7. The fourth-order valence-electron chi connectivity index (χ4n) is 4.19. The van der Waals surface area contributed by atoms with E-state index in [9.17, 15) is 4.79 Å². The van der Waals surface area contributed by atoms with Crippen LogP contribution in [0.25, 0.3) is 0 Å². The number of ketones is 1. The van der Waals surface area contributed by atoms with Crippen molar-refractivity contribution in [3.05, 3.63) is 34.4 Å². The van der Waals surface area contributed by atoms with Crippen molar-refractivity contribution in [3.8, 4) is 0 Å². The van der Waals surface area contributed by atoms with Crippen LogP contribution in [0, 0.1) is 0 Å². The number of methoxy groups -OCH3 is 1. The Morgan fingerprint density at radius 2 is 1.48 bits per heavy atom. The van der Waals surface area contributed by atoms with Crippen molar-refractivity contribution < 1.29 is 14.3 Å². The van der Waals surface area contributed by atoms with Crippen molar-refractivity contribution in [2.45, 2.75) is 104 Å². The van der Waals surface area contributed by atoms with Gasteiger partial charge in [0.05, 0.1) is 17.8 Å². The van der Waals surface area contributed by atoms with Crippen LogP contribution < -0.4 is 0 Å². The van der Waals surface area contributed by atoms with Gasteiger partial charge in [-0.2, -0.15) is 0 Å². The third-order valence-corrected chi connectivity index (χ3v) is 6.06. The molecule has 0 amide bonds. The summed E-state index contributed by atoms with van der Waals surface area (Å²) in [5.74, 6) is 1.55. The molecule has 0 bridgehead atoms. The van der Waals surface area contributed by atoms with Gasteiger partial charge in [-0.05, 0) is 53.9 Å². The Labute approximate surface area is 165 Å². The van der Waals surface area contributed by atoms with Gasteiger partial charge in [0.2, 0.25) is 0 Å². The van der Waals surface area contributed by atoms with Gasteiger partial charge in [-0.15, -0.1) is 0 Å². The number of rotatable bonds is 7. The molecule has 3 heteroatoms. The summed E-state index contributed by atoms with van der Waals surface area (Å²) < 4.78 is 12.2. The number of Topliss-reactive ketones (excluding diaryl/α,β-unsaturated/α-hetero) is 1. The SMILES string of the molecule is CO[C@@]1(C)CC(=O)C[C@@H]1O[C@@H](C)c1c(C(C)C)cc(C(C)C)cc1C(C)C. The molecule has 1 aromatic rings. The van der Waals surface area contributed by atoms with Crippen molar-refractivity contribution in [2.24, 2.45) is 0 Å². The highest BCUT2D eigenvalue weighted by atomic mass is 16.6. The fourth-order valence-corrected chi connectivity index (χ4v) is 4.19. The third kappa shape index (κ3) is 4.63. The second kappa shape index (κ2) is 8.45. The van der Waals surface area contributed by atoms with E-state index in [1.807, 2.05) is 6.92 Å². The molecule has 1 fully saturated rings. The van der Waals surface area contributed by atoms with Crippen LogP contribution in [0.3, 0.4) is 0 Å². The lowest BCUT2D eigenvalue weighted by atomic mass is 9.82. The van der Waals surface area contributed by atoms with E-state index in [1.54, 1.807) is 7.11 Å². The van der Waals surface area contributed by atoms with Crippen LogP contribution in [0.15, 0.2) is 12.1 Å². The number of carbonyl (C=O) groups excluding carboxylic acids is 1. The van der Waals surface area contributed by atoms with Gasteiger partial charge in [0.1, 0.15) is 5.78 Å². The zero-order valence-corrected chi connectivity index (χ0v) is 18.7. The molecule has 1 aromatic carbocycles. The predicted octanol–water partition coefficient (Wildman–Crippen LogP) is 6.27. The summed E-state index contributed by atoms with van der Waals surface area (Å²) in [6.07, 6.45) is 0.592. The Balaban J connectivity index is 2.47. The maximum absolute atomic E-state index is 12.1. The molecule has 0 N–H and O–H groups in total. The van der Waals surface area contributed by atoms with Crippen LogP contribution in [0.2, 0.25) is 0 Å². The Kier molecular flexibility index (Phi) is 6.91. The number of benzene rings is 1. The van der Waals surface area contributed by atoms with E-state index >= 15 is 0 Å². The molecular weight excluding hydrogens is 336 g/mol. The number of ether oxygens (including phenoxy) is 2. The van der Waals surface area contributed by atoms with Crippen LogP contribution in [-0.4, -0.2) is 24.6 Å². The number of hydrogen-bond donors (Lipinski definition) is 0. The van der Waals surface area contributed by atoms with Crippen LogP contribution in [0.4, 0.5) is 0 Å². The van der Waals surface area contributed by atoms with Crippen molar-refractivity contribution in [1.29, 1.82) is 0 Å². The Hall–Kier alpha value is -1.19. The van der Waals surface area contributed by atoms with Gasteiger partial charge in [-0.1, -0.05) is 53.7 Å². The number of carbonyl (C=O) groups is 1. The van der Waals surface area contributed by atoms with Crippen molar-refractivity contribution in [2.75, 3.05) is 7.11 Å². The van der Waals surface area contributed by atoms with Crippen molar-refractivity contribution >= 4 is 5.78 Å². The summed E-state index contributed by atoms with van der Waals surface area (Å²) in [6, 6.07) is 4.71. The minimum atomic E-state index is -0.529. The third-order valence-electron chi connectivity index (χ3n) is 6.06. The Morgan fingerprint density at radius 3 is 1.89 bits per heavy atom. The highest BCUT2D eigenvalue weighted by Crippen LogP contribution is 2.40. The zero-order chi connectivity index (χ0) is 20.5. The van der Waals surface area contributed by atoms with E-state index in [4.69, 9.17) is 9.47 Å². The quantitative estimate of drug-likeness (QED) is 0.564. The molecule has 1 aliphatic carbocycles. The van der Waals surface area contributed by atoms with E-state index in [1.165, 1.54) is 22.3 Å². The highest BCUT2D eigenvalue weighted by Gasteiger charge is 2.45. The maximum atomic E-state index is 12.1. The first kappa shape index (κ1) is 22.1. The van der Waals surface area contributed by atoms with Gasteiger partial charge in [0.15, 0.2) is 0 Å². The average Bonchev–Trinajstić information content (AvgIpc) is 2.87. The summed E-state index contributed by atoms with van der Waals surface area (Å²) in [4.78, 5) is 12.1. The molecule has 152 valence electrons. The lowest BCUT2D eigenvalue weighted by molar-refractivity contribution is -0.124. The van der Waals surface area contributed by atoms with Crippen molar-refractivity contribution in [1.82, 2.24) is 0 Å². The molecule has 1 saturated carbocycles. The van der Waals surface area contributed by atoms with E-state index < -0.39 is 5.60 Å². The smallest absolute Gasteiger partial charge is 0.138 e. The molecule has 0 aromatic heterocycles. The minimum Gasteiger partial charge on any atom is -0.375 e. The Bertz CT molecular complexity index is 645. The summed E-state index contributed by atoms with van der Waals surface area (Å²) in [5.41, 5.74) is 4.87.